The first kappa shape index (κ1) is 12.9. The molecule has 1 amide bonds. The lowest BCUT2D eigenvalue weighted by molar-refractivity contribution is -0.120. The Bertz CT molecular complexity index is 425. The lowest BCUT2D eigenvalue weighted by Gasteiger charge is -2.22. The molecule has 0 fully saturated rings. The highest BCUT2D eigenvalue weighted by Gasteiger charge is 2.18. The predicted molar refractivity (Wildman–Crippen MR) is 76.0 cm³/mol. The van der Waals surface area contributed by atoms with E-state index in [4.69, 9.17) is 0 Å². The van der Waals surface area contributed by atoms with Crippen LogP contribution in [0.2, 0.25) is 0 Å². The van der Waals surface area contributed by atoms with Crippen LogP contribution in [0, 0.1) is 5.92 Å². The summed E-state index contributed by atoms with van der Waals surface area (Å²) in [6.45, 7) is 5.16. The zero-order valence-electron chi connectivity index (χ0n) is 11.3. The number of carbonyl (C=O) groups is 1. The Morgan fingerprint density at radius 1 is 1.39 bits per heavy atom. The average Bonchev–Trinajstić information content (AvgIpc) is 2.40. The van der Waals surface area contributed by atoms with Crippen LogP contribution in [0.5, 0.6) is 0 Å². The minimum absolute atomic E-state index is 0.123. The highest BCUT2D eigenvalue weighted by Crippen LogP contribution is 2.29. The van der Waals surface area contributed by atoms with E-state index in [0.29, 0.717) is 0 Å². The van der Waals surface area contributed by atoms with Gasteiger partial charge in [0.2, 0.25) is 5.91 Å². The Labute approximate surface area is 109 Å². The molecular weight excluding hydrogens is 224 g/mol. The fraction of sp³-hybridized carbons (Fsp3) is 0.533. The summed E-state index contributed by atoms with van der Waals surface area (Å²) >= 11 is 0. The Kier molecular flexibility index (Phi) is 4.24. The first-order valence-corrected chi connectivity index (χ1v) is 6.92. The summed E-state index contributed by atoms with van der Waals surface area (Å²) in [6.07, 6.45) is 3.97. The van der Waals surface area contributed by atoms with Gasteiger partial charge in [-0.15, -0.1) is 0 Å². The largest absolute Gasteiger partial charge is 0.385 e. The lowest BCUT2D eigenvalue weighted by Crippen LogP contribution is -2.23. The molecule has 1 aromatic rings. The monoisotopic (exact) mass is 246 g/mol. The van der Waals surface area contributed by atoms with Crippen molar-refractivity contribution in [2.24, 2.45) is 5.92 Å². The van der Waals surface area contributed by atoms with Crippen LogP contribution < -0.4 is 10.6 Å². The minimum Gasteiger partial charge on any atom is -0.385 e. The average molecular weight is 246 g/mol. The first-order valence-electron chi connectivity index (χ1n) is 6.92. The number of hydrogen-bond acceptors (Lipinski definition) is 2. The molecule has 0 atom stereocenters. The molecule has 0 unspecified atom stereocenters. The normalized spacial score (nSPS) is 13.9. The van der Waals surface area contributed by atoms with Crippen LogP contribution in [0.4, 0.5) is 11.4 Å². The molecule has 1 aliphatic heterocycles. The van der Waals surface area contributed by atoms with E-state index in [1.54, 1.807) is 0 Å². The summed E-state index contributed by atoms with van der Waals surface area (Å²) in [5.41, 5.74) is 3.41. The number of benzene rings is 1. The van der Waals surface area contributed by atoms with Crippen molar-refractivity contribution in [1.82, 2.24) is 0 Å². The van der Waals surface area contributed by atoms with Gasteiger partial charge in [0.1, 0.15) is 0 Å². The molecule has 0 radical (unpaired) electrons. The van der Waals surface area contributed by atoms with Crippen LogP contribution in [0.1, 0.15) is 38.7 Å². The maximum absolute atomic E-state index is 12.1. The SMILES string of the molecule is CCC(CC)C(=O)Nc1cccc2c1CCCN2. The Morgan fingerprint density at radius 2 is 2.17 bits per heavy atom. The van der Waals surface area contributed by atoms with Crippen molar-refractivity contribution in [2.75, 3.05) is 17.2 Å². The molecule has 0 aliphatic carbocycles. The van der Waals surface area contributed by atoms with E-state index < -0.39 is 0 Å². The van der Waals surface area contributed by atoms with Gasteiger partial charge in [-0.25, -0.2) is 0 Å². The van der Waals surface area contributed by atoms with Gasteiger partial charge < -0.3 is 10.6 Å². The zero-order valence-corrected chi connectivity index (χ0v) is 11.3. The molecule has 1 aliphatic rings. The smallest absolute Gasteiger partial charge is 0.227 e. The Morgan fingerprint density at radius 3 is 2.89 bits per heavy atom. The maximum atomic E-state index is 12.1. The van der Waals surface area contributed by atoms with Crippen molar-refractivity contribution in [1.29, 1.82) is 0 Å². The summed E-state index contributed by atoms with van der Waals surface area (Å²) in [5.74, 6) is 0.274. The molecule has 1 aromatic carbocycles. The van der Waals surface area contributed by atoms with Crippen LogP contribution in [0.15, 0.2) is 18.2 Å². The summed E-state index contributed by atoms with van der Waals surface area (Å²) < 4.78 is 0. The molecular formula is C15H22N2O. The van der Waals surface area contributed by atoms with Gasteiger partial charge in [0.15, 0.2) is 0 Å². The van der Waals surface area contributed by atoms with Crippen LogP contribution in [0.3, 0.4) is 0 Å². The topological polar surface area (TPSA) is 41.1 Å². The fourth-order valence-electron chi connectivity index (χ4n) is 2.52. The van der Waals surface area contributed by atoms with E-state index in [1.165, 1.54) is 11.3 Å². The van der Waals surface area contributed by atoms with Gasteiger partial charge in [0, 0.05) is 23.8 Å². The molecule has 2 rings (SSSR count). The molecule has 0 spiro atoms. The summed E-state index contributed by atoms with van der Waals surface area (Å²) in [7, 11) is 0. The summed E-state index contributed by atoms with van der Waals surface area (Å²) in [4.78, 5) is 12.1. The second-order valence-electron chi connectivity index (χ2n) is 4.86. The number of hydrogen-bond donors (Lipinski definition) is 2. The van der Waals surface area contributed by atoms with Crippen LogP contribution >= 0.6 is 0 Å². The third-order valence-corrected chi connectivity index (χ3v) is 3.71. The van der Waals surface area contributed by atoms with Crippen molar-refractivity contribution in [3.8, 4) is 0 Å². The van der Waals surface area contributed by atoms with E-state index in [0.717, 1.165) is 37.9 Å². The van der Waals surface area contributed by atoms with E-state index >= 15 is 0 Å². The van der Waals surface area contributed by atoms with Gasteiger partial charge in [-0.2, -0.15) is 0 Å². The molecule has 18 heavy (non-hydrogen) atoms. The van der Waals surface area contributed by atoms with E-state index in [9.17, 15) is 4.79 Å². The highest BCUT2D eigenvalue weighted by atomic mass is 16.1. The van der Waals surface area contributed by atoms with E-state index in [2.05, 4.69) is 30.5 Å². The van der Waals surface area contributed by atoms with Crippen molar-refractivity contribution >= 4 is 17.3 Å². The number of fused-ring (bicyclic) bond motifs is 1. The fourth-order valence-corrected chi connectivity index (χ4v) is 2.52. The van der Waals surface area contributed by atoms with E-state index in [-0.39, 0.29) is 11.8 Å². The minimum atomic E-state index is 0.123. The van der Waals surface area contributed by atoms with Gasteiger partial charge in [0.05, 0.1) is 0 Å². The first-order chi connectivity index (χ1) is 8.76. The molecule has 0 aromatic heterocycles. The van der Waals surface area contributed by atoms with Gasteiger partial charge in [0.25, 0.3) is 0 Å². The second kappa shape index (κ2) is 5.89. The van der Waals surface area contributed by atoms with Crippen molar-refractivity contribution < 1.29 is 4.79 Å². The van der Waals surface area contributed by atoms with Crippen LogP contribution in [0.25, 0.3) is 0 Å². The van der Waals surface area contributed by atoms with Crippen LogP contribution in [-0.2, 0) is 11.2 Å². The van der Waals surface area contributed by atoms with E-state index in [1.807, 2.05) is 12.1 Å². The van der Waals surface area contributed by atoms with Crippen molar-refractivity contribution in [3.05, 3.63) is 23.8 Å². The number of nitrogens with one attached hydrogen (secondary N) is 2. The molecule has 98 valence electrons. The predicted octanol–water partition coefficient (Wildman–Crippen LogP) is 3.42. The third-order valence-electron chi connectivity index (χ3n) is 3.71. The Hall–Kier alpha value is -1.51. The molecule has 0 saturated heterocycles. The standard InChI is InChI=1S/C15H22N2O/c1-3-11(4-2)15(18)17-14-9-5-8-13-12(14)7-6-10-16-13/h5,8-9,11,16H,3-4,6-7,10H2,1-2H3,(H,17,18). The summed E-state index contributed by atoms with van der Waals surface area (Å²) in [5, 5.41) is 6.48. The number of amides is 1. The number of carbonyl (C=O) groups excluding carboxylic acids is 1. The zero-order chi connectivity index (χ0) is 13.0. The molecule has 3 nitrogen and oxygen atoms in total. The maximum Gasteiger partial charge on any atom is 0.227 e. The van der Waals surface area contributed by atoms with Crippen molar-refractivity contribution in [3.63, 3.8) is 0 Å². The Balaban J connectivity index is 2.16. The molecule has 1 heterocycles. The number of anilines is 2. The molecule has 0 saturated carbocycles. The van der Waals surface area contributed by atoms with Gasteiger partial charge in [-0.3, -0.25) is 4.79 Å². The number of rotatable bonds is 4. The third kappa shape index (κ3) is 2.66. The summed E-state index contributed by atoms with van der Waals surface area (Å²) in [6, 6.07) is 6.09. The second-order valence-corrected chi connectivity index (χ2v) is 4.86. The van der Waals surface area contributed by atoms with Crippen molar-refractivity contribution in [2.45, 2.75) is 39.5 Å². The van der Waals surface area contributed by atoms with Gasteiger partial charge in [-0.1, -0.05) is 19.9 Å². The van der Waals surface area contributed by atoms with Gasteiger partial charge in [-0.05, 0) is 43.4 Å². The molecule has 3 heteroatoms. The highest BCUT2D eigenvalue weighted by molar-refractivity contribution is 5.94. The quantitative estimate of drug-likeness (QED) is 0.854. The van der Waals surface area contributed by atoms with Crippen LogP contribution in [-0.4, -0.2) is 12.5 Å². The molecule has 0 bridgehead atoms. The lowest BCUT2D eigenvalue weighted by atomic mass is 9.99. The van der Waals surface area contributed by atoms with Gasteiger partial charge >= 0.3 is 0 Å². The molecule has 2 N–H and O–H groups in total.